The predicted octanol–water partition coefficient (Wildman–Crippen LogP) is 2.99. The first-order chi connectivity index (χ1) is 7.95. The molecule has 0 saturated carbocycles. The van der Waals surface area contributed by atoms with E-state index in [-0.39, 0.29) is 5.97 Å². The van der Waals surface area contributed by atoms with Crippen LogP contribution in [-0.4, -0.2) is 25.7 Å². The summed E-state index contributed by atoms with van der Waals surface area (Å²) in [5, 5.41) is 3.55. The van der Waals surface area contributed by atoms with Crippen molar-refractivity contribution >= 4 is 5.97 Å². The highest BCUT2D eigenvalue weighted by Gasteiger charge is 2.12. The first-order valence-electron chi connectivity index (χ1n) is 6.75. The quantitative estimate of drug-likeness (QED) is 0.500. The van der Waals surface area contributed by atoms with Crippen LogP contribution in [0.25, 0.3) is 0 Å². The molecule has 3 heteroatoms. The number of methoxy groups -OCH3 is 1. The monoisotopic (exact) mass is 243 g/mol. The van der Waals surface area contributed by atoms with Crippen LogP contribution < -0.4 is 5.32 Å². The van der Waals surface area contributed by atoms with Crippen molar-refractivity contribution < 1.29 is 9.53 Å². The van der Waals surface area contributed by atoms with Gasteiger partial charge in [0.2, 0.25) is 0 Å². The van der Waals surface area contributed by atoms with Crippen LogP contribution in [0.2, 0.25) is 0 Å². The molecule has 0 aromatic rings. The fourth-order valence-electron chi connectivity index (χ4n) is 2.04. The molecule has 0 saturated heterocycles. The van der Waals surface area contributed by atoms with Gasteiger partial charge in [-0.1, -0.05) is 27.7 Å². The van der Waals surface area contributed by atoms with E-state index >= 15 is 0 Å². The van der Waals surface area contributed by atoms with Crippen LogP contribution in [0, 0.1) is 11.8 Å². The lowest BCUT2D eigenvalue weighted by molar-refractivity contribution is -0.140. The third kappa shape index (κ3) is 10.3. The van der Waals surface area contributed by atoms with E-state index in [1.165, 1.54) is 20.0 Å². The topological polar surface area (TPSA) is 38.3 Å². The lowest BCUT2D eigenvalue weighted by atomic mass is 9.95. The Bertz CT molecular complexity index is 192. The molecule has 0 rings (SSSR count). The summed E-state index contributed by atoms with van der Waals surface area (Å²) in [5.41, 5.74) is 0. The number of carbonyl (C=O) groups is 1. The summed E-state index contributed by atoms with van der Waals surface area (Å²) >= 11 is 0. The zero-order chi connectivity index (χ0) is 13.3. The molecule has 0 fully saturated rings. The van der Waals surface area contributed by atoms with Crippen LogP contribution in [0.5, 0.6) is 0 Å². The molecule has 0 aliphatic heterocycles. The molecular formula is C14H29NO2. The van der Waals surface area contributed by atoms with Crippen molar-refractivity contribution in [3.05, 3.63) is 0 Å². The van der Waals surface area contributed by atoms with Crippen LogP contribution in [0.3, 0.4) is 0 Å². The molecule has 0 aromatic carbocycles. The summed E-state index contributed by atoms with van der Waals surface area (Å²) in [6, 6.07) is 0.577. The van der Waals surface area contributed by atoms with Gasteiger partial charge in [0.15, 0.2) is 0 Å². The highest BCUT2D eigenvalue weighted by molar-refractivity contribution is 5.69. The van der Waals surface area contributed by atoms with Crippen molar-refractivity contribution in [1.82, 2.24) is 5.32 Å². The summed E-state index contributed by atoms with van der Waals surface area (Å²) in [7, 11) is 1.44. The van der Waals surface area contributed by atoms with Gasteiger partial charge in [-0.05, 0) is 37.6 Å². The number of rotatable bonds is 9. The van der Waals surface area contributed by atoms with E-state index in [4.69, 9.17) is 0 Å². The van der Waals surface area contributed by atoms with Gasteiger partial charge in [0.1, 0.15) is 0 Å². The van der Waals surface area contributed by atoms with Gasteiger partial charge < -0.3 is 10.1 Å². The smallest absolute Gasteiger partial charge is 0.305 e. The maximum atomic E-state index is 11.0. The van der Waals surface area contributed by atoms with Gasteiger partial charge in [-0.25, -0.2) is 0 Å². The molecule has 1 N–H and O–H groups in total. The second-order valence-electron chi connectivity index (χ2n) is 5.59. The van der Waals surface area contributed by atoms with E-state index in [1.807, 2.05) is 0 Å². The molecular weight excluding hydrogens is 214 g/mol. The first kappa shape index (κ1) is 16.4. The summed E-state index contributed by atoms with van der Waals surface area (Å²) in [6.45, 7) is 9.92. The van der Waals surface area contributed by atoms with Crippen LogP contribution in [0.15, 0.2) is 0 Å². The van der Waals surface area contributed by atoms with E-state index in [9.17, 15) is 4.79 Å². The van der Waals surface area contributed by atoms with E-state index in [0.29, 0.717) is 24.3 Å². The summed E-state index contributed by atoms with van der Waals surface area (Å²) in [5.74, 6) is 1.31. The summed E-state index contributed by atoms with van der Waals surface area (Å²) in [4.78, 5) is 11.0. The van der Waals surface area contributed by atoms with Crippen molar-refractivity contribution in [3.63, 3.8) is 0 Å². The summed E-state index contributed by atoms with van der Waals surface area (Å²) < 4.78 is 4.62. The molecule has 0 unspecified atom stereocenters. The fraction of sp³-hybridized carbons (Fsp3) is 0.929. The number of esters is 1. The van der Waals surface area contributed by atoms with Gasteiger partial charge in [0.25, 0.3) is 0 Å². The Labute approximate surface area is 106 Å². The predicted molar refractivity (Wildman–Crippen MR) is 72.0 cm³/mol. The Hall–Kier alpha value is -0.570. The van der Waals surface area contributed by atoms with E-state index in [0.717, 1.165) is 13.0 Å². The average Bonchev–Trinajstić information content (AvgIpc) is 2.22. The van der Waals surface area contributed by atoms with E-state index < -0.39 is 0 Å². The Morgan fingerprint density at radius 2 is 1.65 bits per heavy atom. The molecule has 0 aliphatic carbocycles. The van der Waals surface area contributed by atoms with Crippen molar-refractivity contribution in [1.29, 1.82) is 0 Å². The molecule has 17 heavy (non-hydrogen) atoms. The van der Waals surface area contributed by atoms with E-state index in [1.54, 1.807) is 0 Å². The Balaban J connectivity index is 3.79. The minimum atomic E-state index is -0.115. The van der Waals surface area contributed by atoms with Crippen LogP contribution in [-0.2, 0) is 9.53 Å². The third-order valence-corrected chi connectivity index (χ3v) is 2.73. The Kier molecular flexibility index (Phi) is 9.14. The molecule has 0 amide bonds. The van der Waals surface area contributed by atoms with Gasteiger partial charge in [0.05, 0.1) is 7.11 Å². The second-order valence-corrected chi connectivity index (χ2v) is 5.59. The maximum Gasteiger partial charge on any atom is 0.305 e. The van der Waals surface area contributed by atoms with Crippen LogP contribution in [0.1, 0.15) is 53.4 Å². The average molecular weight is 243 g/mol. The second kappa shape index (κ2) is 9.46. The van der Waals surface area contributed by atoms with Crippen LogP contribution >= 0.6 is 0 Å². The molecule has 0 bridgehead atoms. The van der Waals surface area contributed by atoms with Crippen molar-refractivity contribution in [3.8, 4) is 0 Å². The molecule has 3 nitrogen and oxygen atoms in total. The summed E-state index contributed by atoms with van der Waals surface area (Å²) in [6.07, 6.45) is 3.78. The van der Waals surface area contributed by atoms with Gasteiger partial charge in [-0.3, -0.25) is 4.79 Å². The Morgan fingerprint density at radius 1 is 1.12 bits per heavy atom. The zero-order valence-corrected chi connectivity index (χ0v) is 12.1. The minimum Gasteiger partial charge on any atom is -0.469 e. The molecule has 0 radical (unpaired) electrons. The zero-order valence-electron chi connectivity index (χ0n) is 12.1. The number of hydrogen-bond donors (Lipinski definition) is 1. The number of nitrogens with one attached hydrogen (secondary N) is 1. The van der Waals surface area contributed by atoms with E-state index in [2.05, 4.69) is 37.7 Å². The number of carbonyl (C=O) groups excluding carboxylic acids is 1. The lowest BCUT2D eigenvalue weighted by Gasteiger charge is -2.22. The number of hydrogen-bond acceptors (Lipinski definition) is 3. The molecule has 0 spiro atoms. The van der Waals surface area contributed by atoms with Gasteiger partial charge in [0, 0.05) is 12.5 Å². The molecule has 102 valence electrons. The number of ether oxygens (including phenoxy) is 1. The molecule has 0 atom stereocenters. The normalized spacial score (nSPS) is 11.5. The SMILES string of the molecule is COC(=O)CCCNC(CC(C)C)CC(C)C. The van der Waals surface area contributed by atoms with Gasteiger partial charge in [-0.15, -0.1) is 0 Å². The van der Waals surface area contributed by atoms with Crippen LogP contribution in [0.4, 0.5) is 0 Å². The lowest BCUT2D eigenvalue weighted by Crippen LogP contribution is -2.32. The standard InChI is InChI=1S/C14H29NO2/c1-11(2)9-13(10-12(3)4)15-8-6-7-14(16)17-5/h11-13,15H,6-10H2,1-5H3. The van der Waals surface area contributed by atoms with Gasteiger partial charge in [-0.2, -0.15) is 0 Å². The highest BCUT2D eigenvalue weighted by Crippen LogP contribution is 2.13. The van der Waals surface area contributed by atoms with Crippen molar-refractivity contribution in [2.45, 2.75) is 59.4 Å². The van der Waals surface area contributed by atoms with Gasteiger partial charge >= 0.3 is 5.97 Å². The maximum absolute atomic E-state index is 11.0. The van der Waals surface area contributed by atoms with Crippen molar-refractivity contribution in [2.75, 3.05) is 13.7 Å². The molecule has 0 heterocycles. The molecule has 0 aromatic heterocycles. The largest absolute Gasteiger partial charge is 0.469 e. The minimum absolute atomic E-state index is 0.115. The Morgan fingerprint density at radius 3 is 2.06 bits per heavy atom. The third-order valence-electron chi connectivity index (χ3n) is 2.73. The van der Waals surface area contributed by atoms with Crippen molar-refractivity contribution in [2.24, 2.45) is 11.8 Å². The first-order valence-corrected chi connectivity index (χ1v) is 6.75. The highest BCUT2D eigenvalue weighted by atomic mass is 16.5. The molecule has 0 aliphatic rings. The fourth-order valence-corrected chi connectivity index (χ4v) is 2.04.